The van der Waals surface area contributed by atoms with Gasteiger partial charge in [-0.05, 0) is 23.6 Å². The molecule has 0 fully saturated rings. The first kappa shape index (κ1) is 16.9. The van der Waals surface area contributed by atoms with E-state index in [1.54, 1.807) is 0 Å². The molecule has 120 valence electrons. The number of amides is 1. The molecule has 0 aliphatic rings. The van der Waals surface area contributed by atoms with Crippen molar-refractivity contribution in [3.05, 3.63) is 61.3 Å². The van der Waals surface area contributed by atoms with Gasteiger partial charge in [-0.1, -0.05) is 17.7 Å². The number of ether oxygens (including phenoxy) is 1. The summed E-state index contributed by atoms with van der Waals surface area (Å²) in [4.78, 5) is 34.6. The molecule has 7 nitrogen and oxygen atoms in total. The van der Waals surface area contributed by atoms with Crippen molar-refractivity contribution >= 4 is 40.5 Å². The van der Waals surface area contributed by atoms with Crippen LogP contribution in [0.15, 0.2) is 35.7 Å². The fourth-order valence-corrected chi connectivity index (χ4v) is 2.51. The summed E-state index contributed by atoms with van der Waals surface area (Å²) in [5, 5.41) is 15.5. The second-order valence-electron chi connectivity index (χ2n) is 4.35. The van der Waals surface area contributed by atoms with E-state index < -0.39 is 29.1 Å². The van der Waals surface area contributed by atoms with Gasteiger partial charge < -0.3 is 10.1 Å². The van der Waals surface area contributed by atoms with E-state index in [2.05, 4.69) is 5.32 Å². The molecule has 2 rings (SSSR count). The van der Waals surface area contributed by atoms with Crippen LogP contribution in [-0.2, 0) is 16.1 Å². The summed E-state index contributed by atoms with van der Waals surface area (Å²) < 4.78 is 4.79. The van der Waals surface area contributed by atoms with Gasteiger partial charge in [0.05, 0.1) is 11.5 Å². The lowest BCUT2D eigenvalue weighted by atomic mass is 10.2. The molecule has 1 heterocycles. The van der Waals surface area contributed by atoms with Crippen LogP contribution in [0.5, 0.6) is 0 Å². The molecule has 0 radical (unpaired) electrons. The fraction of sp³-hybridized carbons (Fsp3) is 0.143. The summed E-state index contributed by atoms with van der Waals surface area (Å²) in [5.74, 6) is -1.48. The Labute approximate surface area is 140 Å². The summed E-state index contributed by atoms with van der Waals surface area (Å²) in [7, 11) is 0. The molecule has 23 heavy (non-hydrogen) atoms. The van der Waals surface area contributed by atoms with Crippen molar-refractivity contribution in [2.24, 2.45) is 0 Å². The monoisotopic (exact) mass is 354 g/mol. The number of nitrogens with one attached hydrogen (secondary N) is 1. The van der Waals surface area contributed by atoms with Crippen LogP contribution in [0.4, 0.5) is 5.69 Å². The molecule has 0 bridgehead atoms. The van der Waals surface area contributed by atoms with Crippen LogP contribution >= 0.6 is 22.9 Å². The van der Waals surface area contributed by atoms with Crippen LogP contribution < -0.4 is 5.32 Å². The average molecular weight is 355 g/mol. The normalized spacial score (nSPS) is 10.1. The molecule has 0 atom stereocenters. The Morgan fingerprint density at radius 3 is 2.78 bits per heavy atom. The summed E-state index contributed by atoms with van der Waals surface area (Å²) in [6, 6.07) is 7.24. The lowest BCUT2D eigenvalue weighted by Crippen LogP contribution is -2.28. The Morgan fingerprint density at radius 1 is 1.35 bits per heavy atom. The number of hydrogen-bond donors (Lipinski definition) is 1. The van der Waals surface area contributed by atoms with Crippen molar-refractivity contribution in [2.75, 3.05) is 6.61 Å². The molecule has 0 unspecified atom stereocenters. The molecule has 1 amide bonds. The molecule has 0 saturated heterocycles. The zero-order chi connectivity index (χ0) is 16.8. The summed E-state index contributed by atoms with van der Waals surface area (Å²) in [6.45, 7) is -0.209. The second kappa shape index (κ2) is 7.70. The highest BCUT2D eigenvalue weighted by molar-refractivity contribution is 7.09. The number of carbonyl (C=O) groups excluding carboxylic acids is 2. The van der Waals surface area contributed by atoms with Gasteiger partial charge in [0, 0.05) is 16.0 Å². The van der Waals surface area contributed by atoms with Crippen LogP contribution in [0.1, 0.15) is 15.2 Å². The SMILES string of the molecule is O=C(COC(=O)c1cc(Cl)ccc1[N+](=O)[O-])NCc1cccs1. The third-order valence-electron chi connectivity index (χ3n) is 2.75. The molecule has 9 heteroatoms. The quantitative estimate of drug-likeness (QED) is 0.488. The van der Waals surface area contributed by atoms with E-state index in [1.807, 2.05) is 17.5 Å². The number of nitrogens with zero attached hydrogens (tertiary/aromatic N) is 1. The van der Waals surface area contributed by atoms with Crippen molar-refractivity contribution < 1.29 is 19.2 Å². The largest absolute Gasteiger partial charge is 0.452 e. The molecule has 1 N–H and O–H groups in total. The maximum Gasteiger partial charge on any atom is 0.345 e. The average Bonchev–Trinajstić information content (AvgIpc) is 3.03. The first-order chi connectivity index (χ1) is 11.0. The van der Waals surface area contributed by atoms with Gasteiger partial charge in [-0.25, -0.2) is 4.79 Å². The molecule has 0 spiro atoms. The molecule has 2 aromatic rings. The minimum Gasteiger partial charge on any atom is -0.452 e. The predicted molar refractivity (Wildman–Crippen MR) is 84.6 cm³/mol. The highest BCUT2D eigenvalue weighted by Crippen LogP contribution is 2.23. The summed E-state index contributed by atoms with van der Waals surface area (Å²) in [6.07, 6.45) is 0. The Bertz CT molecular complexity index is 733. The fourth-order valence-electron chi connectivity index (χ4n) is 1.69. The van der Waals surface area contributed by atoms with Gasteiger partial charge in [0.1, 0.15) is 5.56 Å². The third-order valence-corrected chi connectivity index (χ3v) is 3.86. The molecular formula is C14H11ClN2O5S. The van der Waals surface area contributed by atoms with E-state index in [4.69, 9.17) is 16.3 Å². The maximum atomic E-state index is 11.9. The van der Waals surface area contributed by atoms with Gasteiger partial charge in [0.15, 0.2) is 6.61 Å². The van der Waals surface area contributed by atoms with Crippen LogP contribution in [0, 0.1) is 10.1 Å². The standard InChI is InChI=1S/C14H11ClN2O5S/c15-9-3-4-12(17(20)21)11(6-9)14(19)22-8-13(18)16-7-10-2-1-5-23-10/h1-6H,7-8H2,(H,16,18). The van der Waals surface area contributed by atoms with Gasteiger partial charge in [-0.3, -0.25) is 14.9 Å². The number of carbonyl (C=O) groups is 2. The zero-order valence-electron chi connectivity index (χ0n) is 11.7. The Morgan fingerprint density at radius 2 is 2.13 bits per heavy atom. The van der Waals surface area contributed by atoms with Gasteiger partial charge >= 0.3 is 5.97 Å². The molecule has 1 aromatic carbocycles. The van der Waals surface area contributed by atoms with Crippen LogP contribution in [0.2, 0.25) is 5.02 Å². The zero-order valence-corrected chi connectivity index (χ0v) is 13.2. The van der Waals surface area contributed by atoms with Crippen molar-refractivity contribution in [1.82, 2.24) is 5.32 Å². The minimum atomic E-state index is -0.981. The Hall–Kier alpha value is -2.45. The minimum absolute atomic E-state index is 0.157. The number of esters is 1. The number of benzene rings is 1. The number of nitro groups is 1. The smallest absolute Gasteiger partial charge is 0.345 e. The molecule has 0 saturated carbocycles. The highest BCUT2D eigenvalue weighted by Gasteiger charge is 2.22. The predicted octanol–water partition coefficient (Wildman–Crippen LogP) is 2.78. The number of thiophene rings is 1. The van der Waals surface area contributed by atoms with Gasteiger partial charge in [-0.15, -0.1) is 11.3 Å². The lowest BCUT2D eigenvalue weighted by Gasteiger charge is -2.06. The summed E-state index contributed by atoms with van der Waals surface area (Å²) >= 11 is 7.21. The van der Waals surface area contributed by atoms with E-state index in [0.29, 0.717) is 6.54 Å². The van der Waals surface area contributed by atoms with E-state index in [1.165, 1.54) is 17.4 Å². The van der Waals surface area contributed by atoms with Crippen LogP contribution in [0.3, 0.4) is 0 Å². The van der Waals surface area contributed by atoms with Gasteiger partial charge in [0.2, 0.25) is 0 Å². The Kier molecular flexibility index (Phi) is 5.67. The van der Waals surface area contributed by atoms with E-state index in [-0.39, 0.29) is 10.6 Å². The molecule has 1 aromatic heterocycles. The first-order valence-corrected chi connectivity index (χ1v) is 7.63. The summed E-state index contributed by atoms with van der Waals surface area (Å²) in [5.41, 5.74) is -0.730. The number of rotatable bonds is 6. The van der Waals surface area contributed by atoms with E-state index >= 15 is 0 Å². The number of hydrogen-bond acceptors (Lipinski definition) is 6. The van der Waals surface area contributed by atoms with E-state index in [9.17, 15) is 19.7 Å². The van der Waals surface area contributed by atoms with Crippen LogP contribution in [0.25, 0.3) is 0 Å². The van der Waals surface area contributed by atoms with E-state index in [0.717, 1.165) is 17.0 Å². The maximum absolute atomic E-state index is 11.9. The van der Waals surface area contributed by atoms with Crippen molar-refractivity contribution in [3.8, 4) is 0 Å². The highest BCUT2D eigenvalue weighted by atomic mass is 35.5. The molecular weight excluding hydrogens is 344 g/mol. The van der Waals surface area contributed by atoms with Crippen molar-refractivity contribution in [1.29, 1.82) is 0 Å². The number of halogens is 1. The van der Waals surface area contributed by atoms with Crippen molar-refractivity contribution in [2.45, 2.75) is 6.54 Å². The van der Waals surface area contributed by atoms with Crippen molar-refractivity contribution in [3.63, 3.8) is 0 Å². The molecule has 0 aliphatic carbocycles. The third kappa shape index (κ3) is 4.76. The second-order valence-corrected chi connectivity index (χ2v) is 5.82. The topological polar surface area (TPSA) is 98.5 Å². The first-order valence-electron chi connectivity index (χ1n) is 6.37. The van der Waals surface area contributed by atoms with Crippen LogP contribution in [-0.4, -0.2) is 23.4 Å². The number of nitro benzene ring substituents is 1. The van der Waals surface area contributed by atoms with Gasteiger partial charge in [-0.2, -0.15) is 0 Å². The Balaban J connectivity index is 1.93. The molecule has 0 aliphatic heterocycles. The lowest BCUT2D eigenvalue weighted by molar-refractivity contribution is -0.385. The van der Waals surface area contributed by atoms with Gasteiger partial charge in [0.25, 0.3) is 11.6 Å².